The fourth-order valence-electron chi connectivity index (χ4n) is 6.12. The summed E-state index contributed by atoms with van der Waals surface area (Å²) in [5.41, 5.74) is 0.752. The maximum absolute atomic E-state index is 13.4. The van der Waals surface area contributed by atoms with Gasteiger partial charge in [0.1, 0.15) is 5.75 Å². The Bertz CT molecular complexity index is 1270. The number of halogens is 3. The normalized spacial score (nSPS) is 36.1. The van der Waals surface area contributed by atoms with Crippen LogP contribution in [-0.4, -0.2) is 68.5 Å². The standard InChI is InChI=1S/C23H19BrCl2N2O7/c1-27-19(32)22(25)8-13-10(4-5-11-15(13)18(31)28(17(11)30)21(34)35-2)16(23(22,26)20(27)33)12-7-9(24)3-6-14(12)29/h3-4,6-7,11,13,15-16,29H,5,8H2,1-2H3. The molecule has 0 bridgehead atoms. The Labute approximate surface area is 218 Å². The van der Waals surface area contributed by atoms with Crippen LogP contribution in [0.1, 0.15) is 24.3 Å². The number of carbonyl (C=O) groups excluding carboxylic acids is 5. The summed E-state index contributed by atoms with van der Waals surface area (Å²) in [6.07, 6.45) is 0.505. The van der Waals surface area contributed by atoms with E-state index < -0.39 is 63.1 Å². The van der Waals surface area contributed by atoms with Crippen molar-refractivity contribution in [1.29, 1.82) is 0 Å². The first-order valence-electron chi connectivity index (χ1n) is 10.7. The van der Waals surface area contributed by atoms with E-state index in [0.29, 0.717) is 14.9 Å². The van der Waals surface area contributed by atoms with Crippen LogP contribution in [0.15, 0.2) is 34.3 Å². The molecule has 5 amide bonds. The average molecular weight is 586 g/mol. The Balaban J connectivity index is 1.74. The second-order valence-corrected chi connectivity index (χ2v) is 11.3. The van der Waals surface area contributed by atoms with Gasteiger partial charge >= 0.3 is 6.09 Å². The molecule has 5 rings (SSSR count). The maximum atomic E-state index is 13.4. The molecule has 1 N–H and O–H groups in total. The van der Waals surface area contributed by atoms with E-state index in [1.165, 1.54) is 13.1 Å². The van der Waals surface area contributed by atoms with Crippen LogP contribution in [-0.2, 0) is 23.9 Å². The Morgan fingerprint density at radius 3 is 2.49 bits per heavy atom. The van der Waals surface area contributed by atoms with E-state index in [4.69, 9.17) is 23.2 Å². The number of imide groups is 4. The second-order valence-electron chi connectivity index (χ2n) is 9.18. The number of methoxy groups -OCH3 is 1. The lowest BCUT2D eigenvalue weighted by Crippen LogP contribution is -2.60. The minimum Gasteiger partial charge on any atom is -0.508 e. The van der Waals surface area contributed by atoms with Crippen molar-refractivity contribution < 1.29 is 33.8 Å². The van der Waals surface area contributed by atoms with Gasteiger partial charge in [-0.05, 0) is 37.0 Å². The van der Waals surface area contributed by atoms with Gasteiger partial charge in [0.15, 0.2) is 9.75 Å². The number of aromatic hydroxyl groups is 1. The SMILES string of the molecule is COC(=O)N1C(=O)C2CC=C3C(CC4(Cl)C(=O)N(C)C(=O)C4(Cl)C3c3cc(Br)ccc3O)C2C1=O. The van der Waals surface area contributed by atoms with E-state index in [-0.39, 0.29) is 24.2 Å². The van der Waals surface area contributed by atoms with Crippen molar-refractivity contribution in [2.45, 2.75) is 28.5 Å². The van der Waals surface area contributed by atoms with Crippen LogP contribution in [0, 0.1) is 17.8 Å². The first-order chi connectivity index (χ1) is 16.4. The molecular weight excluding hydrogens is 567 g/mol. The van der Waals surface area contributed by atoms with Crippen LogP contribution in [0.2, 0.25) is 0 Å². The van der Waals surface area contributed by atoms with Crippen LogP contribution in [0.4, 0.5) is 4.79 Å². The van der Waals surface area contributed by atoms with Crippen molar-refractivity contribution in [1.82, 2.24) is 9.80 Å². The third-order valence-electron chi connectivity index (χ3n) is 7.67. The monoisotopic (exact) mass is 584 g/mol. The zero-order chi connectivity index (χ0) is 25.6. The summed E-state index contributed by atoms with van der Waals surface area (Å²) in [6, 6.07) is 4.59. The fraction of sp³-hybridized carbons (Fsp3) is 0.435. The molecule has 2 heterocycles. The Morgan fingerprint density at radius 2 is 1.83 bits per heavy atom. The number of ether oxygens (including phenoxy) is 1. The fourth-order valence-corrected chi connectivity index (χ4v) is 7.51. The summed E-state index contributed by atoms with van der Waals surface area (Å²) in [4.78, 5) is 62.6. The first-order valence-corrected chi connectivity index (χ1v) is 12.3. The third kappa shape index (κ3) is 2.90. The van der Waals surface area contributed by atoms with E-state index in [0.717, 1.165) is 12.0 Å². The van der Waals surface area contributed by atoms with Gasteiger partial charge in [0.05, 0.1) is 18.9 Å². The molecule has 2 aliphatic heterocycles. The van der Waals surface area contributed by atoms with Crippen molar-refractivity contribution in [3.05, 3.63) is 39.9 Å². The number of likely N-dealkylation sites (tertiary alicyclic amines) is 2. The van der Waals surface area contributed by atoms with Crippen LogP contribution in [0.3, 0.4) is 0 Å². The molecular formula is C23H19BrCl2N2O7. The quantitative estimate of drug-likeness (QED) is 0.305. The number of nitrogens with zero attached hydrogens (tertiary/aromatic N) is 2. The second kappa shape index (κ2) is 7.78. The molecule has 1 aromatic carbocycles. The van der Waals surface area contributed by atoms with Gasteiger partial charge in [0.25, 0.3) is 11.8 Å². The lowest BCUT2D eigenvalue weighted by Gasteiger charge is -2.50. The number of hydrogen-bond acceptors (Lipinski definition) is 7. The highest BCUT2D eigenvalue weighted by molar-refractivity contribution is 9.10. The molecule has 1 aromatic rings. The highest BCUT2D eigenvalue weighted by atomic mass is 79.9. The molecule has 0 radical (unpaired) electrons. The summed E-state index contributed by atoms with van der Waals surface area (Å²) in [5, 5.41) is 10.8. The molecule has 9 nitrogen and oxygen atoms in total. The number of phenols is 1. The Hall–Kier alpha value is -2.43. The number of amides is 5. The number of phenolic OH excluding ortho intramolecular Hbond substituents is 1. The van der Waals surface area contributed by atoms with Crippen LogP contribution >= 0.6 is 39.1 Å². The van der Waals surface area contributed by atoms with E-state index in [2.05, 4.69) is 20.7 Å². The number of benzene rings is 1. The molecule has 2 saturated heterocycles. The molecule has 0 spiro atoms. The van der Waals surface area contributed by atoms with Crippen molar-refractivity contribution in [3.63, 3.8) is 0 Å². The van der Waals surface area contributed by atoms with Crippen molar-refractivity contribution in [3.8, 4) is 5.75 Å². The smallest absolute Gasteiger partial charge is 0.423 e. The van der Waals surface area contributed by atoms with E-state index in [1.807, 2.05) is 0 Å². The van der Waals surface area contributed by atoms with E-state index in [9.17, 15) is 29.1 Å². The zero-order valence-electron chi connectivity index (χ0n) is 18.5. The van der Waals surface area contributed by atoms with E-state index in [1.54, 1.807) is 18.2 Å². The molecule has 35 heavy (non-hydrogen) atoms. The predicted octanol–water partition coefficient (Wildman–Crippen LogP) is 2.91. The minimum absolute atomic E-state index is 0.0973. The summed E-state index contributed by atoms with van der Waals surface area (Å²) in [6.45, 7) is 0. The molecule has 3 fully saturated rings. The Kier molecular flexibility index (Phi) is 5.40. The van der Waals surface area contributed by atoms with Gasteiger partial charge in [-0.25, -0.2) is 4.79 Å². The van der Waals surface area contributed by atoms with Crippen LogP contribution in [0.5, 0.6) is 5.75 Å². The lowest BCUT2D eigenvalue weighted by atomic mass is 9.56. The largest absolute Gasteiger partial charge is 0.508 e. The molecule has 0 aromatic heterocycles. The molecule has 6 unspecified atom stereocenters. The van der Waals surface area contributed by atoms with Gasteiger partial charge in [-0.2, -0.15) is 4.90 Å². The summed E-state index contributed by atoms with van der Waals surface area (Å²) in [5.74, 6) is -6.85. The highest BCUT2D eigenvalue weighted by Gasteiger charge is 2.76. The Morgan fingerprint density at radius 1 is 1.14 bits per heavy atom. The first kappa shape index (κ1) is 24.3. The van der Waals surface area contributed by atoms with Crippen LogP contribution < -0.4 is 0 Å². The topological polar surface area (TPSA) is 121 Å². The van der Waals surface area contributed by atoms with Gasteiger partial charge in [0, 0.05) is 23.0 Å². The number of carbonyl (C=O) groups is 5. The number of rotatable bonds is 1. The van der Waals surface area contributed by atoms with Gasteiger partial charge in [-0.15, -0.1) is 23.2 Å². The van der Waals surface area contributed by atoms with E-state index >= 15 is 0 Å². The molecule has 1 saturated carbocycles. The van der Waals surface area contributed by atoms with Gasteiger partial charge in [-0.3, -0.25) is 24.1 Å². The maximum Gasteiger partial charge on any atom is 0.423 e. The predicted molar refractivity (Wildman–Crippen MR) is 126 cm³/mol. The molecule has 6 atom stereocenters. The van der Waals surface area contributed by atoms with Crippen molar-refractivity contribution >= 4 is 68.9 Å². The number of hydrogen-bond donors (Lipinski definition) is 1. The molecule has 184 valence electrons. The lowest BCUT2D eigenvalue weighted by molar-refractivity contribution is -0.139. The summed E-state index contributed by atoms with van der Waals surface area (Å²) in [7, 11) is 2.34. The zero-order valence-corrected chi connectivity index (χ0v) is 21.6. The van der Waals surface area contributed by atoms with Gasteiger partial charge < -0.3 is 9.84 Å². The highest BCUT2D eigenvalue weighted by Crippen LogP contribution is 2.66. The summed E-state index contributed by atoms with van der Waals surface area (Å²) >= 11 is 17.4. The third-order valence-corrected chi connectivity index (χ3v) is 9.58. The summed E-state index contributed by atoms with van der Waals surface area (Å²) < 4.78 is 5.20. The number of allylic oxidation sites excluding steroid dienone is 2. The average Bonchev–Trinajstić information content (AvgIpc) is 3.15. The molecule has 4 aliphatic rings. The number of alkyl halides is 2. The van der Waals surface area contributed by atoms with Gasteiger partial charge in [0.2, 0.25) is 11.8 Å². The van der Waals surface area contributed by atoms with Crippen LogP contribution in [0.25, 0.3) is 0 Å². The molecule has 2 aliphatic carbocycles. The van der Waals surface area contributed by atoms with Crippen molar-refractivity contribution in [2.24, 2.45) is 17.8 Å². The minimum atomic E-state index is -2.00. The molecule has 12 heteroatoms. The van der Waals surface area contributed by atoms with Gasteiger partial charge in [-0.1, -0.05) is 27.6 Å². The number of fused-ring (bicyclic) bond motifs is 4. The van der Waals surface area contributed by atoms with Crippen molar-refractivity contribution in [2.75, 3.05) is 14.2 Å².